The molecule has 3 heterocycles. The van der Waals surface area contributed by atoms with E-state index in [1.807, 2.05) is 0 Å². The summed E-state index contributed by atoms with van der Waals surface area (Å²) < 4.78 is 5.96. The first-order valence-electron chi connectivity index (χ1n) is 11.8. The predicted octanol–water partition coefficient (Wildman–Crippen LogP) is 8.49. The summed E-state index contributed by atoms with van der Waals surface area (Å²) in [7, 11) is 0. The number of fused-ring (bicyclic) bond motifs is 8. The minimum atomic E-state index is 1.00. The first kappa shape index (κ1) is 19.0. The zero-order valence-electron chi connectivity index (χ0n) is 18.7. The molecule has 0 aliphatic heterocycles. The monoisotopic (exact) mass is 465 g/mol. The minimum absolute atomic E-state index is 1.00. The Hall–Kier alpha value is -4.41. The zero-order chi connectivity index (χ0) is 22.9. The molecule has 35 heavy (non-hydrogen) atoms. The molecule has 0 radical (unpaired) electrons. The van der Waals surface area contributed by atoms with E-state index in [0.717, 1.165) is 10.6 Å². The molecule has 0 amide bonds. The Morgan fingerprint density at radius 3 is 2.03 bits per heavy atom. The summed E-state index contributed by atoms with van der Waals surface area (Å²) in [6.07, 6.45) is 0. The molecule has 0 aliphatic carbocycles. The lowest BCUT2D eigenvalue weighted by atomic mass is 10.1. The highest BCUT2D eigenvalue weighted by Crippen LogP contribution is 2.42. The lowest BCUT2D eigenvalue weighted by Gasteiger charge is -2.08. The van der Waals surface area contributed by atoms with Crippen molar-refractivity contribution in [2.75, 3.05) is 0 Å². The van der Waals surface area contributed by atoms with Gasteiger partial charge < -0.3 is 4.57 Å². The molecule has 3 nitrogen and oxygen atoms in total. The van der Waals surface area contributed by atoms with Crippen molar-refractivity contribution in [3.05, 3.63) is 115 Å². The Labute approximate surface area is 205 Å². The number of para-hydroxylation sites is 4. The van der Waals surface area contributed by atoms with Crippen LogP contribution in [0.15, 0.2) is 115 Å². The SMILES string of the molecule is c1ccc(-n2c3ccccc3c3c2ccc2c4ccccc4n(-c4nc5ccccc5s4)c23)cc1. The maximum absolute atomic E-state index is 5.08. The molecular weight excluding hydrogens is 446 g/mol. The zero-order valence-corrected chi connectivity index (χ0v) is 19.5. The van der Waals surface area contributed by atoms with Crippen LogP contribution in [-0.2, 0) is 0 Å². The van der Waals surface area contributed by atoms with Crippen molar-refractivity contribution in [1.29, 1.82) is 0 Å². The van der Waals surface area contributed by atoms with Gasteiger partial charge in [0.2, 0.25) is 0 Å². The average Bonchev–Trinajstić information content (AvgIpc) is 3.58. The van der Waals surface area contributed by atoms with E-state index in [2.05, 4.69) is 124 Å². The third-order valence-corrected chi connectivity index (χ3v) is 7.98. The van der Waals surface area contributed by atoms with Gasteiger partial charge in [0.15, 0.2) is 5.13 Å². The molecule has 0 aliphatic rings. The molecule has 0 atom stereocenters. The van der Waals surface area contributed by atoms with Crippen LogP contribution >= 0.6 is 11.3 Å². The normalized spacial score (nSPS) is 12.0. The molecule has 0 unspecified atom stereocenters. The van der Waals surface area contributed by atoms with E-state index in [-0.39, 0.29) is 0 Å². The molecule has 164 valence electrons. The predicted molar refractivity (Wildman–Crippen MR) is 148 cm³/mol. The molecule has 0 saturated heterocycles. The van der Waals surface area contributed by atoms with Crippen molar-refractivity contribution >= 4 is 65.2 Å². The average molecular weight is 466 g/mol. The van der Waals surface area contributed by atoms with Crippen molar-refractivity contribution in [2.45, 2.75) is 0 Å². The summed E-state index contributed by atoms with van der Waals surface area (Å²) in [5.41, 5.74) is 7.02. The molecule has 0 N–H and O–H groups in total. The number of hydrogen-bond acceptors (Lipinski definition) is 2. The van der Waals surface area contributed by atoms with Gasteiger partial charge in [-0.3, -0.25) is 4.57 Å². The van der Waals surface area contributed by atoms with E-state index >= 15 is 0 Å². The summed E-state index contributed by atoms with van der Waals surface area (Å²) in [4.78, 5) is 5.08. The summed E-state index contributed by atoms with van der Waals surface area (Å²) >= 11 is 1.75. The number of nitrogens with zero attached hydrogens (tertiary/aromatic N) is 3. The van der Waals surface area contributed by atoms with Gasteiger partial charge >= 0.3 is 0 Å². The van der Waals surface area contributed by atoms with Crippen molar-refractivity contribution in [3.8, 4) is 10.8 Å². The van der Waals surface area contributed by atoms with Crippen LogP contribution in [0.5, 0.6) is 0 Å². The number of thiazole rings is 1. The van der Waals surface area contributed by atoms with Crippen LogP contribution in [0.2, 0.25) is 0 Å². The molecular formula is C31H19N3S. The summed E-state index contributed by atoms with van der Waals surface area (Å²) in [6, 6.07) is 41.0. The Bertz CT molecular complexity index is 2030. The van der Waals surface area contributed by atoms with E-state index in [9.17, 15) is 0 Å². The van der Waals surface area contributed by atoms with Gasteiger partial charge in [-0.05, 0) is 42.5 Å². The Morgan fingerprint density at radius 2 is 1.20 bits per heavy atom. The van der Waals surface area contributed by atoms with Crippen LogP contribution in [0.3, 0.4) is 0 Å². The van der Waals surface area contributed by atoms with Gasteiger partial charge in [0.05, 0.1) is 32.3 Å². The second kappa shape index (κ2) is 7.05. The highest BCUT2D eigenvalue weighted by atomic mass is 32.1. The van der Waals surface area contributed by atoms with Gasteiger partial charge in [0, 0.05) is 27.2 Å². The molecule has 5 aromatic carbocycles. The van der Waals surface area contributed by atoms with Crippen molar-refractivity contribution in [2.24, 2.45) is 0 Å². The van der Waals surface area contributed by atoms with Crippen LogP contribution < -0.4 is 0 Å². The topological polar surface area (TPSA) is 22.8 Å². The third-order valence-electron chi connectivity index (χ3n) is 6.96. The highest BCUT2D eigenvalue weighted by molar-refractivity contribution is 7.20. The summed E-state index contributed by atoms with van der Waals surface area (Å²) in [5.74, 6) is 0. The fourth-order valence-corrected chi connectivity index (χ4v) is 6.50. The van der Waals surface area contributed by atoms with E-state index in [0.29, 0.717) is 0 Å². The first-order valence-corrected chi connectivity index (χ1v) is 12.6. The van der Waals surface area contributed by atoms with Crippen molar-refractivity contribution in [3.63, 3.8) is 0 Å². The molecule has 0 bridgehead atoms. The van der Waals surface area contributed by atoms with Crippen LogP contribution in [0, 0.1) is 0 Å². The van der Waals surface area contributed by atoms with Gasteiger partial charge in [-0.2, -0.15) is 0 Å². The number of benzene rings is 5. The number of hydrogen-bond donors (Lipinski definition) is 0. The van der Waals surface area contributed by atoms with Gasteiger partial charge in [-0.25, -0.2) is 4.98 Å². The molecule has 3 aromatic heterocycles. The van der Waals surface area contributed by atoms with Crippen LogP contribution in [0.1, 0.15) is 0 Å². The summed E-state index contributed by atoms with van der Waals surface area (Å²) in [5, 5.41) is 6.02. The number of aromatic nitrogens is 3. The molecule has 0 spiro atoms. The maximum Gasteiger partial charge on any atom is 0.195 e. The molecule has 4 heteroatoms. The van der Waals surface area contributed by atoms with E-state index < -0.39 is 0 Å². The van der Waals surface area contributed by atoms with Gasteiger partial charge in [0.25, 0.3) is 0 Å². The second-order valence-corrected chi connectivity index (χ2v) is 9.87. The fraction of sp³-hybridized carbons (Fsp3) is 0. The lowest BCUT2D eigenvalue weighted by Crippen LogP contribution is -1.94. The standard InChI is InChI=1S/C31H19N3S/c1-2-10-20(11-3-1)33-26-16-8-5-13-23(26)29-27(33)19-18-22-21-12-4-7-15-25(21)34(30(22)29)31-32-24-14-6-9-17-28(24)35-31/h1-19H. The number of rotatable bonds is 2. The fourth-order valence-electron chi connectivity index (χ4n) is 5.52. The quantitative estimate of drug-likeness (QED) is 0.251. The Morgan fingerprint density at radius 1 is 0.514 bits per heavy atom. The van der Waals surface area contributed by atoms with Gasteiger partial charge in [-0.1, -0.05) is 84.1 Å². The first-order chi connectivity index (χ1) is 17.4. The molecule has 0 fully saturated rings. The van der Waals surface area contributed by atoms with Crippen molar-refractivity contribution < 1.29 is 0 Å². The van der Waals surface area contributed by atoms with Gasteiger partial charge in [0.1, 0.15) is 0 Å². The summed E-state index contributed by atoms with van der Waals surface area (Å²) in [6.45, 7) is 0. The lowest BCUT2D eigenvalue weighted by molar-refractivity contribution is 1.15. The Balaban J connectivity index is 1.63. The van der Waals surface area contributed by atoms with Crippen molar-refractivity contribution in [1.82, 2.24) is 14.1 Å². The van der Waals surface area contributed by atoms with Crippen LogP contribution in [0.25, 0.3) is 64.6 Å². The molecule has 8 rings (SSSR count). The smallest absolute Gasteiger partial charge is 0.195 e. The van der Waals surface area contributed by atoms with E-state index in [1.54, 1.807) is 11.3 Å². The minimum Gasteiger partial charge on any atom is -0.309 e. The Kier molecular flexibility index (Phi) is 3.82. The molecule has 0 saturated carbocycles. The second-order valence-electron chi connectivity index (χ2n) is 8.86. The van der Waals surface area contributed by atoms with Gasteiger partial charge in [-0.15, -0.1) is 0 Å². The third kappa shape index (κ3) is 2.57. The van der Waals surface area contributed by atoms with Crippen LogP contribution in [0.4, 0.5) is 0 Å². The maximum atomic E-state index is 5.08. The largest absolute Gasteiger partial charge is 0.309 e. The molecule has 8 aromatic rings. The highest BCUT2D eigenvalue weighted by Gasteiger charge is 2.21. The van der Waals surface area contributed by atoms with E-state index in [4.69, 9.17) is 4.98 Å². The van der Waals surface area contributed by atoms with E-state index in [1.165, 1.54) is 54.0 Å². The van der Waals surface area contributed by atoms with Crippen LogP contribution in [-0.4, -0.2) is 14.1 Å².